The average molecular weight is 382 g/mol. The van der Waals surface area contributed by atoms with E-state index in [0.717, 1.165) is 16.9 Å². The lowest BCUT2D eigenvalue weighted by molar-refractivity contribution is -0.134. The van der Waals surface area contributed by atoms with Crippen molar-refractivity contribution in [3.05, 3.63) is 59.2 Å². The molecule has 1 heterocycles. The van der Waals surface area contributed by atoms with Crippen LogP contribution in [0, 0.1) is 13.8 Å². The van der Waals surface area contributed by atoms with Crippen LogP contribution in [0.3, 0.4) is 0 Å². The fourth-order valence-corrected chi connectivity index (χ4v) is 3.21. The first-order chi connectivity index (χ1) is 13.5. The van der Waals surface area contributed by atoms with Gasteiger partial charge in [0.05, 0.1) is 7.11 Å². The zero-order valence-corrected chi connectivity index (χ0v) is 16.6. The number of aryl methyl sites for hydroxylation is 1. The summed E-state index contributed by atoms with van der Waals surface area (Å²) in [5.41, 5.74) is 2.77. The average Bonchev–Trinajstić information content (AvgIpc) is 2.74. The Kier molecular flexibility index (Phi) is 6.19. The van der Waals surface area contributed by atoms with Crippen LogP contribution >= 0.6 is 0 Å². The van der Waals surface area contributed by atoms with E-state index in [0.29, 0.717) is 37.5 Å². The lowest BCUT2D eigenvalue weighted by atomic mass is 10.1. The predicted octanol–water partition coefficient (Wildman–Crippen LogP) is 2.68. The quantitative estimate of drug-likeness (QED) is 0.798. The first kappa shape index (κ1) is 19.7. The minimum Gasteiger partial charge on any atom is -0.497 e. The summed E-state index contributed by atoms with van der Waals surface area (Å²) in [7, 11) is 1.58. The van der Waals surface area contributed by atoms with Gasteiger partial charge >= 0.3 is 0 Å². The van der Waals surface area contributed by atoms with Crippen molar-refractivity contribution in [3.63, 3.8) is 0 Å². The molecule has 2 aromatic carbocycles. The van der Waals surface area contributed by atoms with Gasteiger partial charge in [0.25, 0.3) is 11.8 Å². The van der Waals surface area contributed by atoms with Gasteiger partial charge in [-0.25, -0.2) is 0 Å². The molecule has 0 aliphatic carbocycles. The van der Waals surface area contributed by atoms with Crippen LogP contribution in [0.4, 0.5) is 0 Å². The third-order valence-corrected chi connectivity index (χ3v) is 5.14. The highest BCUT2D eigenvalue weighted by atomic mass is 16.5. The van der Waals surface area contributed by atoms with E-state index in [4.69, 9.17) is 9.47 Å². The second kappa shape index (κ2) is 8.78. The van der Waals surface area contributed by atoms with Gasteiger partial charge in [-0.15, -0.1) is 0 Å². The number of rotatable bonds is 5. The molecule has 148 valence electrons. The van der Waals surface area contributed by atoms with Crippen LogP contribution in [0.25, 0.3) is 0 Å². The van der Waals surface area contributed by atoms with Gasteiger partial charge in [-0.05, 0) is 49.2 Å². The van der Waals surface area contributed by atoms with Crippen LogP contribution in [0.15, 0.2) is 42.5 Å². The highest BCUT2D eigenvalue weighted by molar-refractivity contribution is 5.94. The standard InChI is InChI=1S/C22H26N2O4/c1-16-6-4-9-20(17(16)2)28-15-21(25)23-10-12-24(13-11-23)22(26)18-7-5-8-19(14-18)27-3/h4-9,14H,10-13,15H2,1-3H3. The van der Waals surface area contributed by atoms with Crippen LogP contribution in [0.1, 0.15) is 21.5 Å². The Bertz CT molecular complexity index is 857. The number of ether oxygens (including phenoxy) is 2. The molecule has 2 amide bonds. The molecule has 1 aliphatic heterocycles. The Morgan fingerprint density at radius 2 is 1.64 bits per heavy atom. The Morgan fingerprint density at radius 1 is 0.964 bits per heavy atom. The molecule has 6 nitrogen and oxygen atoms in total. The van der Waals surface area contributed by atoms with Crippen molar-refractivity contribution in [2.45, 2.75) is 13.8 Å². The molecule has 0 unspecified atom stereocenters. The maximum absolute atomic E-state index is 12.7. The first-order valence-corrected chi connectivity index (χ1v) is 9.39. The summed E-state index contributed by atoms with van der Waals surface area (Å²) in [6, 6.07) is 12.9. The molecule has 0 N–H and O–H groups in total. The molecule has 0 bridgehead atoms. The molecule has 28 heavy (non-hydrogen) atoms. The van der Waals surface area contributed by atoms with E-state index in [9.17, 15) is 9.59 Å². The van der Waals surface area contributed by atoms with Crippen molar-refractivity contribution in [2.75, 3.05) is 39.9 Å². The van der Waals surface area contributed by atoms with Crippen LogP contribution in [-0.4, -0.2) is 61.5 Å². The van der Waals surface area contributed by atoms with Crippen molar-refractivity contribution >= 4 is 11.8 Å². The number of amides is 2. The van der Waals surface area contributed by atoms with Crippen LogP contribution in [-0.2, 0) is 4.79 Å². The molecule has 0 radical (unpaired) electrons. The molecule has 1 fully saturated rings. The number of methoxy groups -OCH3 is 1. The number of carbonyl (C=O) groups excluding carboxylic acids is 2. The number of nitrogens with zero attached hydrogens (tertiary/aromatic N) is 2. The van der Waals surface area contributed by atoms with E-state index in [1.807, 2.05) is 38.1 Å². The van der Waals surface area contributed by atoms with Crippen LogP contribution < -0.4 is 9.47 Å². The summed E-state index contributed by atoms with van der Waals surface area (Å²) in [6.45, 7) is 6.03. The molecule has 2 aromatic rings. The highest BCUT2D eigenvalue weighted by Gasteiger charge is 2.25. The number of piperazine rings is 1. The first-order valence-electron chi connectivity index (χ1n) is 9.39. The summed E-state index contributed by atoms with van der Waals surface area (Å²) < 4.78 is 10.9. The van der Waals surface area contributed by atoms with Gasteiger partial charge < -0.3 is 19.3 Å². The molecule has 0 aromatic heterocycles. The van der Waals surface area contributed by atoms with Gasteiger partial charge in [0.1, 0.15) is 11.5 Å². The van der Waals surface area contributed by atoms with Crippen molar-refractivity contribution in [1.82, 2.24) is 9.80 Å². The van der Waals surface area contributed by atoms with Crippen LogP contribution in [0.2, 0.25) is 0 Å². The molecule has 0 atom stereocenters. The summed E-state index contributed by atoms with van der Waals surface area (Å²) in [5, 5.41) is 0. The molecule has 0 saturated carbocycles. The Hall–Kier alpha value is -3.02. The van der Waals surface area contributed by atoms with Crippen LogP contribution in [0.5, 0.6) is 11.5 Å². The van der Waals surface area contributed by atoms with Gasteiger partial charge in [0.2, 0.25) is 0 Å². The SMILES string of the molecule is COc1cccc(C(=O)N2CCN(C(=O)COc3cccc(C)c3C)CC2)c1. The van der Waals surface area contributed by atoms with E-state index >= 15 is 0 Å². The second-order valence-electron chi connectivity index (χ2n) is 6.89. The van der Waals surface area contributed by atoms with E-state index in [-0.39, 0.29) is 18.4 Å². The number of benzene rings is 2. The Balaban J connectivity index is 1.52. The van der Waals surface area contributed by atoms with Gasteiger partial charge in [-0.1, -0.05) is 18.2 Å². The summed E-state index contributed by atoms with van der Waals surface area (Å²) in [6.07, 6.45) is 0. The van der Waals surface area contributed by atoms with Gasteiger partial charge in [0.15, 0.2) is 6.61 Å². The van der Waals surface area contributed by atoms with Gasteiger partial charge in [0, 0.05) is 31.7 Å². The third-order valence-electron chi connectivity index (χ3n) is 5.14. The van der Waals surface area contributed by atoms with Gasteiger partial charge in [-0.3, -0.25) is 9.59 Å². The fourth-order valence-electron chi connectivity index (χ4n) is 3.21. The van der Waals surface area contributed by atoms with Crippen molar-refractivity contribution in [1.29, 1.82) is 0 Å². The van der Waals surface area contributed by atoms with Crippen molar-refractivity contribution in [3.8, 4) is 11.5 Å². The largest absolute Gasteiger partial charge is 0.497 e. The lowest BCUT2D eigenvalue weighted by Crippen LogP contribution is -2.51. The zero-order valence-electron chi connectivity index (χ0n) is 16.6. The Labute approximate surface area is 165 Å². The third kappa shape index (κ3) is 4.44. The van der Waals surface area contributed by atoms with Crippen molar-refractivity contribution in [2.24, 2.45) is 0 Å². The smallest absolute Gasteiger partial charge is 0.260 e. The molecule has 3 rings (SSSR count). The van der Waals surface area contributed by atoms with E-state index in [1.54, 1.807) is 35.1 Å². The topological polar surface area (TPSA) is 59.1 Å². The zero-order chi connectivity index (χ0) is 20.1. The fraction of sp³-hybridized carbons (Fsp3) is 0.364. The molecular formula is C22H26N2O4. The molecular weight excluding hydrogens is 356 g/mol. The van der Waals surface area contributed by atoms with Gasteiger partial charge in [-0.2, -0.15) is 0 Å². The van der Waals surface area contributed by atoms with E-state index < -0.39 is 0 Å². The van der Waals surface area contributed by atoms with E-state index in [1.165, 1.54) is 0 Å². The normalized spacial score (nSPS) is 14.0. The van der Waals surface area contributed by atoms with E-state index in [2.05, 4.69) is 0 Å². The minimum absolute atomic E-state index is 0.00806. The van der Waals surface area contributed by atoms with Crippen molar-refractivity contribution < 1.29 is 19.1 Å². The summed E-state index contributed by atoms with van der Waals surface area (Å²) >= 11 is 0. The second-order valence-corrected chi connectivity index (χ2v) is 6.89. The molecule has 6 heteroatoms. The lowest BCUT2D eigenvalue weighted by Gasteiger charge is -2.34. The molecule has 0 spiro atoms. The Morgan fingerprint density at radius 3 is 2.36 bits per heavy atom. The predicted molar refractivity (Wildman–Crippen MR) is 107 cm³/mol. The maximum Gasteiger partial charge on any atom is 0.260 e. The maximum atomic E-state index is 12.7. The number of hydrogen-bond donors (Lipinski definition) is 0. The number of carbonyl (C=O) groups is 2. The summed E-state index contributed by atoms with van der Waals surface area (Å²) in [5.74, 6) is 1.29. The highest BCUT2D eigenvalue weighted by Crippen LogP contribution is 2.21. The number of hydrogen-bond acceptors (Lipinski definition) is 4. The summed E-state index contributed by atoms with van der Waals surface area (Å²) in [4.78, 5) is 28.7. The monoisotopic (exact) mass is 382 g/mol. The minimum atomic E-state index is -0.0608. The molecule has 1 saturated heterocycles. The molecule has 1 aliphatic rings.